The normalized spacial score (nSPS) is 12.9. The molecule has 1 rings (SSSR count). The molecule has 0 spiro atoms. The molecule has 78 valence electrons. The van der Waals surface area contributed by atoms with E-state index in [0.29, 0.717) is 5.13 Å². The average molecular weight is 221 g/mol. The number of halogens is 2. The first-order valence-electron chi connectivity index (χ1n) is 3.83. The number of alkyl halides is 2. The van der Waals surface area contributed by atoms with Gasteiger partial charge in [0.2, 0.25) is 12.3 Å². The molecule has 0 aliphatic carbocycles. The molecule has 14 heavy (non-hydrogen) atoms. The number of aromatic nitrogens is 1. The Labute approximate surface area is 83.1 Å². The molecular formula is C7H9F2N3OS. The Morgan fingerprint density at radius 3 is 2.93 bits per heavy atom. The van der Waals surface area contributed by atoms with E-state index >= 15 is 0 Å². The number of amides is 1. The predicted octanol–water partition coefficient (Wildman–Crippen LogP) is 1.06. The molecule has 0 saturated carbocycles. The van der Waals surface area contributed by atoms with Gasteiger partial charge in [-0.05, 0) is 0 Å². The summed E-state index contributed by atoms with van der Waals surface area (Å²) in [6, 6.07) is -1.20. The average Bonchev–Trinajstić information content (AvgIpc) is 2.55. The fourth-order valence-corrected chi connectivity index (χ4v) is 1.31. The van der Waals surface area contributed by atoms with Crippen molar-refractivity contribution in [1.29, 1.82) is 0 Å². The van der Waals surface area contributed by atoms with Crippen LogP contribution in [0.15, 0.2) is 11.6 Å². The minimum atomic E-state index is -2.58. The zero-order chi connectivity index (χ0) is 10.6. The van der Waals surface area contributed by atoms with Crippen LogP contribution in [0.4, 0.5) is 13.9 Å². The number of carbonyl (C=O) groups is 1. The SMILES string of the molecule is NC(CC(F)F)C(=O)Nc1nccs1. The van der Waals surface area contributed by atoms with Gasteiger partial charge in [0.1, 0.15) is 0 Å². The van der Waals surface area contributed by atoms with Gasteiger partial charge in [0.05, 0.1) is 6.04 Å². The van der Waals surface area contributed by atoms with E-state index in [1.165, 1.54) is 17.5 Å². The summed E-state index contributed by atoms with van der Waals surface area (Å²) in [6.07, 6.45) is -1.72. The Morgan fingerprint density at radius 2 is 2.43 bits per heavy atom. The van der Waals surface area contributed by atoms with Crippen molar-refractivity contribution < 1.29 is 13.6 Å². The summed E-state index contributed by atoms with van der Waals surface area (Å²) in [4.78, 5) is 14.9. The Kier molecular flexibility index (Phi) is 3.90. The topological polar surface area (TPSA) is 68.0 Å². The lowest BCUT2D eigenvalue weighted by atomic mass is 10.2. The number of hydrogen-bond donors (Lipinski definition) is 2. The van der Waals surface area contributed by atoms with Crippen LogP contribution in [0.25, 0.3) is 0 Å². The molecule has 7 heteroatoms. The van der Waals surface area contributed by atoms with Crippen LogP contribution in [0.5, 0.6) is 0 Å². The smallest absolute Gasteiger partial charge is 0.243 e. The minimum absolute atomic E-state index is 0.361. The van der Waals surface area contributed by atoms with E-state index in [0.717, 1.165) is 0 Å². The highest BCUT2D eigenvalue weighted by atomic mass is 32.1. The molecule has 1 aromatic heterocycles. The van der Waals surface area contributed by atoms with E-state index in [1.54, 1.807) is 5.38 Å². The van der Waals surface area contributed by atoms with Crippen molar-refractivity contribution >= 4 is 22.4 Å². The van der Waals surface area contributed by atoms with Crippen molar-refractivity contribution in [3.8, 4) is 0 Å². The van der Waals surface area contributed by atoms with E-state index in [2.05, 4.69) is 10.3 Å². The van der Waals surface area contributed by atoms with Gasteiger partial charge in [-0.25, -0.2) is 13.8 Å². The molecule has 0 saturated heterocycles. The van der Waals surface area contributed by atoms with Crippen LogP contribution in [0.1, 0.15) is 6.42 Å². The Bertz CT molecular complexity index is 291. The number of rotatable bonds is 4. The second kappa shape index (κ2) is 4.97. The Morgan fingerprint density at radius 1 is 1.71 bits per heavy atom. The van der Waals surface area contributed by atoms with Gasteiger partial charge in [-0.15, -0.1) is 11.3 Å². The van der Waals surface area contributed by atoms with Gasteiger partial charge >= 0.3 is 0 Å². The largest absolute Gasteiger partial charge is 0.320 e. The van der Waals surface area contributed by atoms with Gasteiger partial charge in [-0.1, -0.05) is 0 Å². The van der Waals surface area contributed by atoms with Gasteiger partial charge in [-0.3, -0.25) is 4.79 Å². The third-order valence-electron chi connectivity index (χ3n) is 1.43. The Balaban J connectivity index is 2.42. The van der Waals surface area contributed by atoms with Gasteiger partial charge < -0.3 is 11.1 Å². The van der Waals surface area contributed by atoms with Crippen molar-refractivity contribution in [2.75, 3.05) is 5.32 Å². The number of nitrogens with zero attached hydrogens (tertiary/aromatic N) is 1. The molecule has 0 radical (unpaired) electrons. The van der Waals surface area contributed by atoms with Gasteiger partial charge in [0.15, 0.2) is 5.13 Å². The van der Waals surface area contributed by atoms with Gasteiger partial charge in [0.25, 0.3) is 0 Å². The molecular weight excluding hydrogens is 212 g/mol. The van der Waals surface area contributed by atoms with Crippen molar-refractivity contribution in [3.63, 3.8) is 0 Å². The molecule has 1 amide bonds. The van der Waals surface area contributed by atoms with E-state index in [9.17, 15) is 13.6 Å². The number of nitrogens with two attached hydrogens (primary N) is 1. The summed E-state index contributed by atoms with van der Waals surface area (Å²) in [7, 11) is 0. The monoisotopic (exact) mass is 221 g/mol. The minimum Gasteiger partial charge on any atom is -0.320 e. The van der Waals surface area contributed by atoms with Crippen LogP contribution in [0, 0.1) is 0 Å². The summed E-state index contributed by atoms with van der Waals surface area (Å²) >= 11 is 1.20. The predicted molar refractivity (Wildman–Crippen MR) is 49.3 cm³/mol. The zero-order valence-electron chi connectivity index (χ0n) is 7.11. The number of carbonyl (C=O) groups excluding carboxylic acids is 1. The molecule has 3 N–H and O–H groups in total. The maximum Gasteiger partial charge on any atom is 0.243 e. The summed E-state index contributed by atoms with van der Waals surface area (Å²) in [5.74, 6) is -0.639. The maximum absolute atomic E-state index is 11.9. The first kappa shape index (κ1) is 11.0. The van der Waals surface area contributed by atoms with Crippen LogP contribution in [0.2, 0.25) is 0 Å². The van der Waals surface area contributed by atoms with Crippen molar-refractivity contribution in [2.24, 2.45) is 5.73 Å². The molecule has 0 aliphatic rings. The molecule has 0 aromatic carbocycles. The lowest BCUT2D eigenvalue weighted by Crippen LogP contribution is -2.37. The molecule has 0 fully saturated rings. The summed E-state index contributed by atoms with van der Waals surface area (Å²) in [5.41, 5.74) is 5.22. The fourth-order valence-electron chi connectivity index (χ4n) is 0.782. The van der Waals surface area contributed by atoms with Crippen molar-refractivity contribution in [2.45, 2.75) is 18.9 Å². The highest BCUT2D eigenvalue weighted by molar-refractivity contribution is 7.13. The van der Waals surface area contributed by atoms with Gasteiger partial charge in [-0.2, -0.15) is 0 Å². The second-order valence-electron chi connectivity index (χ2n) is 2.56. The quantitative estimate of drug-likeness (QED) is 0.799. The number of nitrogens with one attached hydrogen (secondary N) is 1. The molecule has 0 bridgehead atoms. The number of thiazole rings is 1. The second-order valence-corrected chi connectivity index (χ2v) is 3.45. The zero-order valence-corrected chi connectivity index (χ0v) is 7.93. The van der Waals surface area contributed by atoms with E-state index in [4.69, 9.17) is 5.73 Å². The highest BCUT2D eigenvalue weighted by Gasteiger charge is 2.18. The summed E-state index contributed by atoms with van der Waals surface area (Å²) < 4.78 is 23.7. The third kappa shape index (κ3) is 3.35. The van der Waals surface area contributed by atoms with Crippen LogP contribution in [-0.4, -0.2) is 23.4 Å². The summed E-state index contributed by atoms with van der Waals surface area (Å²) in [5, 5.41) is 4.36. The van der Waals surface area contributed by atoms with E-state index in [1.807, 2.05) is 0 Å². The number of hydrogen-bond acceptors (Lipinski definition) is 4. The molecule has 1 atom stereocenters. The molecule has 4 nitrogen and oxygen atoms in total. The molecule has 1 aromatic rings. The van der Waals surface area contributed by atoms with Crippen LogP contribution >= 0.6 is 11.3 Å². The third-order valence-corrected chi connectivity index (χ3v) is 2.12. The maximum atomic E-state index is 11.9. The molecule has 1 unspecified atom stereocenters. The lowest BCUT2D eigenvalue weighted by molar-refractivity contribution is -0.118. The molecule has 0 aliphatic heterocycles. The number of anilines is 1. The highest BCUT2D eigenvalue weighted by Crippen LogP contribution is 2.11. The first-order chi connectivity index (χ1) is 6.59. The fraction of sp³-hybridized carbons (Fsp3) is 0.429. The van der Waals surface area contributed by atoms with Crippen LogP contribution in [0.3, 0.4) is 0 Å². The van der Waals surface area contributed by atoms with Crippen molar-refractivity contribution in [3.05, 3.63) is 11.6 Å². The first-order valence-corrected chi connectivity index (χ1v) is 4.71. The van der Waals surface area contributed by atoms with Crippen LogP contribution < -0.4 is 11.1 Å². The Hall–Kier alpha value is -1.08. The molecule has 1 heterocycles. The van der Waals surface area contributed by atoms with E-state index in [-0.39, 0.29) is 0 Å². The lowest BCUT2D eigenvalue weighted by Gasteiger charge is -2.09. The van der Waals surface area contributed by atoms with Crippen molar-refractivity contribution in [1.82, 2.24) is 4.98 Å². The van der Waals surface area contributed by atoms with Gasteiger partial charge in [0, 0.05) is 18.0 Å². The summed E-state index contributed by atoms with van der Waals surface area (Å²) in [6.45, 7) is 0. The van der Waals surface area contributed by atoms with Crippen LogP contribution in [-0.2, 0) is 4.79 Å². The standard InChI is InChI=1S/C7H9F2N3OS/c8-5(9)3-4(10)6(13)12-7-11-1-2-14-7/h1-2,4-5H,3,10H2,(H,11,12,13). The van der Waals surface area contributed by atoms with E-state index < -0.39 is 24.8 Å².